The molecule has 8 heteroatoms. The van der Waals surface area contributed by atoms with E-state index in [4.69, 9.17) is 4.74 Å². The zero-order valence-corrected chi connectivity index (χ0v) is 16.3. The van der Waals surface area contributed by atoms with Crippen LogP contribution in [-0.2, 0) is 14.3 Å². The summed E-state index contributed by atoms with van der Waals surface area (Å²) >= 11 is 0. The lowest BCUT2D eigenvalue weighted by atomic mass is 9.63. The van der Waals surface area contributed by atoms with Crippen LogP contribution in [0.15, 0.2) is 60.8 Å². The lowest BCUT2D eigenvalue weighted by Gasteiger charge is -2.35. The van der Waals surface area contributed by atoms with Crippen LogP contribution in [0.5, 0.6) is 0 Å². The van der Waals surface area contributed by atoms with Crippen LogP contribution in [0.25, 0.3) is 10.9 Å². The van der Waals surface area contributed by atoms with Crippen LogP contribution in [0.4, 0.5) is 0 Å². The summed E-state index contributed by atoms with van der Waals surface area (Å²) in [6.07, 6.45) is 1.65. The maximum atomic E-state index is 13.3. The van der Waals surface area contributed by atoms with E-state index in [-0.39, 0.29) is 6.54 Å². The first-order valence-corrected chi connectivity index (χ1v) is 9.59. The van der Waals surface area contributed by atoms with Gasteiger partial charge in [-0.15, -0.1) is 0 Å². The summed E-state index contributed by atoms with van der Waals surface area (Å²) in [6.45, 7) is -0.401. The van der Waals surface area contributed by atoms with E-state index in [9.17, 15) is 19.7 Å². The number of ether oxygens (including phenoxy) is 1. The molecule has 4 rings (SSSR count). The van der Waals surface area contributed by atoms with E-state index >= 15 is 0 Å². The van der Waals surface area contributed by atoms with Gasteiger partial charge in [-0.25, -0.2) is 0 Å². The first-order valence-electron chi connectivity index (χ1n) is 9.59. The summed E-state index contributed by atoms with van der Waals surface area (Å²) in [4.78, 5) is 40.9. The number of aromatic nitrogens is 1. The monoisotopic (exact) mass is 407 g/mol. The SMILES string of the molecule is COC(=O)C1(C(C[N+](=O)[O-])c2c[nH]c3ccccc23)C(=O)NCC1c1ccccc1. The number of nitrogens with one attached hydrogen (secondary N) is 2. The summed E-state index contributed by atoms with van der Waals surface area (Å²) in [5.74, 6) is -2.97. The molecule has 3 atom stereocenters. The molecule has 0 bridgehead atoms. The fourth-order valence-corrected chi connectivity index (χ4v) is 4.69. The van der Waals surface area contributed by atoms with Gasteiger partial charge in [0.25, 0.3) is 0 Å². The molecule has 0 saturated carbocycles. The molecule has 3 aromatic rings. The third-order valence-electron chi connectivity index (χ3n) is 6.00. The van der Waals surface area contributed by atoms with Crippen molar-refractivity contribution in [2.24, 2.45) is 5.41 Å². The van der Waals surface area contributed by atoms with E-state index in [1.165, 1.54) is 7.11 Å². The quantitative estimate of drug-likeness (QED) is 0.282. The van der Waals surface area contributed by atoms with E-state index in [2.05, 4.69) is 10.3 Å². The van der Waals surface area contributed by atoms with Gasteiger partial charge in [0.2, 0.25) is 12.5 Å². The van der Waals surface area contributed by atoms with Gasteiger partial charge in [0.15, 0.2) is 5.41 Å². The Morgan fingerprint density at radius 2 is 1.93 bits per heavy atom. The second kappa shape index (κ2) is 7.62. The Labute approximate surface area is 172 Å². The topological polar surface area (TPSA) is 114 Å². The minimum atomic E-state index is -1.77. The van der Waals surface area contributed by atoms with Gasteiger partial charge in [0.1, 0.15) is 0 Å². The normalized spacial score (nSPS) is 21.9. The van der Waals surface area contributed by atoms with E-state index in [0.717, 1.165) is 16.5 Å². The Balaban J connectivity index is 1.99. The number of nitrogens with zero attached hydrogens (tertiary/aromatic N) is 1. The number of amides is 1. The molecule has 1 saturated heterocycles. The number of esters is 1. The summed E-state index contributed by atoms with van der Waals surface area (Å²) in [6, 6.07) is 16.4. The predicted molar refractivity (Wildman–Crippen MR) is 110 cm³/mol. The fraction of sp³-hybridized carbons (Fsp3) is 0.273. The summed E-state index contributed by atoms with van der Waals surface area (Å²) in [7, 11) is 1.20. The number of hydrogen-bond acceptors (Lipinski definition) is 5. The van der Waals surface area contributed by atoms with Gasteiger partial charge in [-0.2, -0.15) is 0 Å². The molecule has 0 aliphatic carbocycles. The first-order chi connectivity index (χ1) is 14.5. The minimum absolute atomic E-state index is 0.189. The third kappa shape index (κ3) is 2.92. The average Bonchev–Trinajstić information content (AvgIpc) is 3.34. The average molecular weight is 407 g/mol. The van der Waals surface area contributed by atoms with Crippen LogP contribution in [0.1, 0.15) is 23.0 Å². The van der Waals surface area contributed by atoms with Crippen molar-refractivity contribution in [2.45, 2.75) is 11.8 Å². The van der Waals surface area contributed by atoms with Crippen LogP contribution >= 0.6 is 0 Å². The third-order valence-corrected chi connectivity index (χ3v) is 6.00. The maximum Gasteiger partial charge on any atom is 0.322 e. The molecule has 30 heavy (non-hydrogen) atoms. The van der Waals surface area contributed by atoms with Crippen LogP contribution in [0, 0.1) is 15.5 Å². The van der Waals surface area contributed by atoms with Crippen molar-refractivity contribution in [1.29, 1.82) is 0 Å². The molecular formula is C22H21N3O5. The van der Waals surface area contributed by atoms with Crippen molar-refractivity contribution in [1.82, 2.24) is 10.3 Å². The standard InChI is InChI=1S/C22H21N3O5/c1-30-21(27)22(17(12-24-20(22)26)14-7-3-2-4-8-14)18(13-25(28)29)16-11-23-19-10-6-5-9-15(16)19/h2-11,17-18,23H,12-13H2,1H3,(H,24,26). The number of rotatable bonds is 6. The van der Waals surface area contributed by atoms with Gasteiger partial charge in [-0.3, -0.25) is 19.7 Å². The number of hydrogen-bond donors (Lipinski definition) is 2. The highest BCUT2D eigenvalue weighted by molar-refractivity contribution is 6.07. The Morgan fingerprint density at radius 1 is 1.23 bits per heavy atom. The molecule has 8 nitrogen and oxygen atoms in total. The van der Waals surface area contributed by atoms with Gasteiger partial charge in [0.05, 0.1) is 13.0 Å². The second-order valence-corrected chi connectivity index (χ2v) is 7.39. The number of carbonyl (C=O) groups excluding carboxylic acids is 2. The molecule has 0 spiro atoms. The lowest BCUT2D eigenvalue weighted by Crippen LogP contribution is -2.49. The van der Waals surface area contributed by atoms with Crippen molar-refractivity contribution in [3.63, 3.8) is 0 Å². The Bertz CT molecular complexity index is 1110. The highest BCUT2D eigenvalue weighted by Crippen LogP contribution is 2.52. The Hall–Kier alpha value is -3.68. The number of H-pyrrole nitrogens is 1. The second-order valence-electron chi connectivity index (χ2n) is 7.39. The number of fused-ring (bicyclic) bond motifs is 1. The molecule has 2 heterocycles. The van der Waals surface area contributed by atoms with Crippen molar-refractivity contribution in [2.75, 3.05) is 20.2 Å². The van der Waals surface area contributed by atoms with Crippen molar-refractivity contribution in [3.05, 3.63) is 82.0 Å². The van der Waals surface area contributed by atoms with E-state index < -0.39 is 40.6 Å². The van der Waals surface area contributed by atoms with Crippen LogP contribution < -0.4 is 5.32 Å². The van der Waals surface area contributed by atoms with Crippen LogP contribution in [0.3, 0.4) is 0 Å². The Kier molecular flexibility index (Phi) is 4.99. The van der Waals surface area contributed by atoms with E-state index in [1.807, 2.05) is 54.6 Å². The number of carbonyl (C=O) groups is 2. The molecule has 1 aromatic heterocycles. The minimum Gasteiger partial charge on any atom is -0.468 e. The highest BCUT2D eigenvalue weighted by atomic mass is 16.6. The molecule has 1 aliphatic rings. The van der Waals surface area contributed by atoms with E-state index in [1.54, 1.807) is 6.20 Å². The maximum absolute atomic E-state index is 13.3. The molecular weight excluding hydrogens is 386 g/mol. The molecule has 1 amide bonds. The predicted octanol–water partition coefficient (Wildman–Crippen LogP) is 2.60. The largest absolute Gasteiger partial charge is 0.468 e. The molecule has 2 aromatic carbocycles. The van der Waals surface area contributed by atoms with Gasteiger partial charge in [-0.1, -0.05) is 48.5 Å². The van der Waals surface area contributed by atoms with Gasteiger partial charge in [-0.05, 0) is 17.2 Å². The number of aromatic amines is 1. The van der Waals surface area contributed by atoms with Crippen molar-refractivity contribution < 1.29 is 19.2 Å². The Morgan fingerprint density at radius 3 is 2.63 bits per heavy atom. The lowest BCUT2D eigenvalue weighted by molar-refractivity contribution is -0.485. The molecule has 0 radical (unpaired) electrons. The molecule has 2 N–H and O–H groups in total. The number of nitro groups is 1. The first kappa shape index (κ1) is 19.6. The van der Waals surface area contributed by atoms with Gasteiger partial charge < -0.3 is 15.0 Å². The fourth-order valence-electron chi connectivity index (χ4n) is 4.69. The number of methoxy groups -OCH3 is 1. The summed E-state index contributed by atoms with van der Waals surface area (Å²) < 4.78 is 5.10. The summed E-state index contributed by atoms with van der Waals surface area (Å²) in [5.41, 5.74) is 0.296. The molecule has 154 valence electrons. The summed E-state index contributed by atoms with van der Waals surface area (Å²) in [5, 5.41) is 15.2. The van der Waals surface area contributed by atoms with Gasteiger partial charge in [0, 0.05) is 34.5 Å². The van der Waals surface area contributed by atoms with Crippen molar-refractivity contribution >= 4 is 22.8 Å². The van der Waals surface area contributed by atoms with Crippen molar-refractivity contribution in [3.8, 4) is 0 Å². The highest BCUT2D eigenvalue weighted by Gasteiger charge is 2.64. The zero-order chi connectivity index (χ0) is 21.3. The molecule has 1 fully saturated rings. The number of benzene rings is 2. The van der Waals surface area contributed by atoms with Crippen LogP contribution in [0.2, 0.25) is 0 Å². The van der Waals surface area contributed by atoms with E-state index in [0.29, 0.717) is 5.56 Å². The smallest absolute Gasteiger partial charge is 0.322 e. The van der Waals surface area contributed by atoms with Crippen LogP contribution in [-0.4, -0.2) is 42.0 Å². The zero-order valence-electron chi connectivity index (χ0n) is 16.3. The molecule has 1 aliphatic heterocycles. The van der Waals surface area contributed by atoms with Gasteiger partial charge >= 0.3 is 5.97 Å². The number of para-hydroxylation sites is 1. The molecule has 3 unspecified atom stereocenters.